The molecule has 1 saturated heterocycles. The van der Waals surface area contributed by atoms with Gasteiger partial charge in [0.05, 0.1) is 5.69 Å². The van der Waals surface area contributed by atoms with Crippen LogP contribution in [0.15, 0.2) is 42.6 Å². The lowest BCUT2D eigenvalue weighted by molar-refractivity contribution is 0.0716. The molecule has 6 nitrogen and oxygen atoms in total. The van der Waals surface area contributed by atoms with Gasteiger partial charge in [0.25, 0.3) is 11.8 Å². The van der Waals surface area contributed by atoms with E-state index in [1.807, 2.05) is 36.1 Å². The summed E-state index contributed by atoms with van der Waals surface area (Å²) in [5.41, 5.74) is 8.26. The van der Waals surface area contributed by atoms with Crippen LogP contribution in [0, 0.1) is 6.92 Å². The zero-order valence-corrected chi connectivity index (χ0v) is 14.3. The van der Waals surface area contributed by atoms with Crippen LogP contribution < -0.4 is 5.73 Å². The molecular formula is C19H22N4O2. The lowest BCUT2D eigenvalue weighted by Crippen LogP contribution is -2.37. The first-order valence-corrected chi connectivity index (χ1v) is 8.42. The zero-order chi connectivity index (χ0) is 17.8. The van der Waals surface area contributed by atoms with E-state index in [-0.39, 0.29) is 17.5 Å². The normalized spacial score (nSPS) is 14.9. The molecular weight excluding hydrogens is 316 g/mol. The number of anilines is 1. The first-order valence-electron chi connectivity index (χ1n) is 8.42. The Kier molecular flexibility index (Phi) is 4.97. The molecule has 2 N–H and O–H groups in total. The van der Waals surface area contributed by atoms with Gasteiger partial charge in [0.2, 0.25) is 0 Å². The molecule has 0 bridgehead atoms. The summed E-state index contributed by atoms with van der Waals surface area (Å²) in [7, 11) is 0. The Morgan fingerprint density at radius 1 is 1.00 bits per heavy atom. The lowest BCUT2D eigenvalue weighted by atomic mass is 10.1. The Hall–Kier alpha value is -2.89. The van der Waals surface area contributed by atoms with Crippen LogP contribution in [0.5, 0.6) is 0 Å². The van der Waals surface area contributed by atoms with Crippen molar-refractivity contribution in [2.75, 3.05) is 31.9 Å². The van der Waals surface area contributed by atoms with Gasteiger partial charge in [-0.25, -0.2) is 4.98 Å². The summed E-state index contributed by atoms with van der Waals surface area (Å²) in [6.45, 7) is 4.18. The van der Waals surface area contributed by atoms with Crippen LogP contribution in [0.1, 0.15) is 32.8 Å². The summed E-state index contributed by atoms with van der Waals surface area (Å²) in [6.07, 6.45) is 2.30. The number of nitrogens with zero attached hydrogens (tertiary/aromatic N) is 3. The fourth-order valence-corrected chi connectivity index (χ4v) is 3.03. The van der Waals surface area contributed by atoms with Gasteiger partial charge in [-0.1, -0.05) is 17.7 Å². The Morgan fingerprint density at radius 3 is 2.40 bits per heavy atom. The number of aromatic nitrogens is 1. The minimum Gasteiger partial charge on any atom is -0.397 e. The van der Waals surface area contributed by atoms with Crippen molar-refractivity contribution in [2.45, 2.75) is 13.3 Å². The van der Waals surface area contributed by atoms with E-state index in [1.165, 1.54) is 0 Å². The van der Waals surface area contributed by atoms with Gasteiger partial charge in [-0.3, -0.25) is 9.59 Å². The second kappa shape index (κ2) is 7.34. The van der Waals surface area contributed by atoms with Crippen LogP contribution in [-0.4, -0.2) is 52.8 Å². The molecule has 2 amide bonds. The highest BCUT2D eigenvalue weighted by molar-refractivity contribution is 5.97. The average molecular weight is 338 g/mol. The third-order valence-corrected chi connectivity index (χ3v) is 4.38. The van der Waals surface area contributed by atoms with Gasteiger partial charge in [0.15, 0.2) is 5.69 Å². The largest absolute Gasteiger partial charge is 0.397 e. The highest BCUT2D eigenvalue weighted by atomic mass is 16.2. The molecule has 25 heavy (non-hydrogen) atoms. The van der Waals surface area contributed by atoms with Crippen molar-refractivity contribution in [1.29, 1.82) is 0 Å². The molecule has 0 atom stereocenters. The number of aryl methyl sites for hydroxylation is 1. The lowest BCUT2D eigenvalue weighted by Gasteiger charge is -2.22. The number of amides is 2. The van der Waals surface area contributed by atoms with Crippen LogP contribution in [0.2, 0.25) is 0 Å². The van der Waals surface area contributed by atoms with Crippen LogP contribution in [0.25, 0.3) is 0 Å². The number of nitrogen functional groups attached to an aromatic ring is 1. The minimum atomic E-state index is -0.178. The van der Waals surface area contributed by atoms with Crippen molar-refractivity contribution in [3.8, 4) is 0 Å². The molecule has 2 aromatic rings. The number of hydrogen-bond donors (Lipinski definition) is 1. The maximum Gasteiger partial charge on any atom is 0.274 e. The second-order valence-electron chi connectivity index (χ2n) is 6.25. The first-order chi connectivity index (χ1) is 12.1. The van der Waals surface area contributed by atoms with Gasteiger partial charge in [0, 0.05) is 37.9 Å². The predicted octanol–water partition coefficient (Wildman–Crippen LogP) is 1.96. The number of benzene rings is 1. The molecule has 130 valence electrons. The summed E-state index contributed by atoms with van der Waals surface area (Å²) in [5.74, 6) is -0.168. The molecule has 6 heteroatoms. The van der Waals surface area contributed by atoms with Crippen molar-refractivity contribution in [3.05, 3.63) is 59.4 Å². The third-order valence-electron chi connectivity index (χ3n) is 4.38. The van der Waals surface area contributed by atoms with E-state index in [0.29, 0.717) is 37.4 Å². The third kappa shape index (κ3) is 3.79. The number of carbonyl (C=O) groups is 2. The quantitative estimate of drug-likeness (QED) is 0.908. The summed E-state index contributed by atoms with van der Waals surface area (Å²) < 4.78 is 0. The van der Waals surface area contributed by atoms with Crippen molar-refractivity contribution in [1.82, 2.24) is 14.8 Å². The molecule has 1 fully saturated rings. The summed E-state index contributed by atoms with van der Waals surface area (Å²) in [4.78, 5) is 33.0. The Morgan fingerprint density at radius 2 is 1.72 bits per heavy atom. The van der Waals surface area contributed by atoms with E-state index in [0.717, 1.165) is 12.0 Å². The monoisotopic (exact) mass is 338 g/mol. The molecule has 3 rings (SSSR count). The highest BCUT2D eigenvalue weighted by Crippen LogP contribution is 2.15. The van der Waals surface area contributed by atoms with E-state index in [2.05, 4.69) is 4.98 Å². The van der Waals surface area contributed by atoms with Crippen LogP contribution in [-0.2, 0) is 0 Å². The molecule has 0 unspecified atom stereocenters. The van der Waals surface area contributed by atoms with Crippen molar-refractivity contribution in [2.24, 2.45) is 0 Å². The molecule has 0 saturated carbocycles. The minimum absolute atomic E-state index is 0.00958. The molecule has 1 aliphatic heterocycles. The first kappa shape index (κ1) is 17.0. The van der Waals surface area contributed by atoms with E-state index < -0.39 is 0 Å². The molecule has 0 radical (unpaired) electrons. The molecule has 0 aliphatic carbocycles. The van der Waals surface area contributed by atoms with Crippen LogP contribution in [0.4, 0.5) is 5.69 Å². The number of nitrogens with two attached hydrogens (primary N) is 1. The van der Waals surface area contributed by atoms with Crippen molar-refractivity contribution in [3.63, 3.8) is 0 Å². The molecule has 0 spiro atoms. The van der Waals surface area contributed by atoms with Gasteiger partial charge in [-0.05, 0) is 37.6 Å². The Balaban J connectivity index is 1.69. The summed E-state index contributed by atoms with van der Waals surface area (Å²) in [6, 6.07) is 11.0. The zero-order valence-electron chi connectivity index (χ0n) is 14.3. The van der Waals surface area contributed by atoms with Gasteiger partial charge in [-0.15, -0.1) is 0 Å². The Bertz CT molecular complexity index is 790. The average Bonchev–Trinajstić information content (AvgIpc) is 2.87. The molecule has 1 aliphatic rings. The van der Waals surface area contributed by atoms with Gasteiger partial charge in [0.1, 0.15) is 0 Å². The van der Waals surface area contributed by atoms with Gasteiger partial charge >= 0.3 is 0 Å². The summed E-state index contributed by atoms with van der Waals surface area (Å²) >= 11 is 0. The van der Waals surface area contributed by atoms with E-state index >= 15 is 0 Å². The molecule has 1 aromatic carbocycles. The van der Waals surface area contributed by atoms with Crippen molar-refractivity contribution < 1.29 is 9.59 Å². The van der Waals surface area contributed by atoms with Crippen LogP contribution >= 0.6 is 0 Å². The molecule has 2 heterocycles. The predicted molar refractivity (Wildman–Crippen MR) is 96.3 cm³/mol. The number of rotatable bonds is 2. The SMILES string of the molecule is Cc1cccc(C(=O)N2CCCN(C(=O)c3ncccc3N)CC2)c1. The van der Waals surface area contributed by atoms with Crippen molar-refractivity contribution >= 4 is 17.5 Å². The number of pyridine rings is 1. The topological polar surface area (TPSA) is 79.5 Å². The standard InChI is InChI=1S/C19H22N4O2/c1-14-5-2-6-15(13-14)18(24)22-9-4-10-23(12-11-22)19(25)17-16(20)7-3-8-21-17/h2-3,5-8,13H,4,9-12,20H2,1H3. The van der Waals surface area contributed by atoms with E-state index in [9.17, 15) is 9.59 Å². The fraction of sp³-hybridized carbons (Fsp3) is 0.316. The highest BCUT2D eigenvalue weighted by Gasteiger charge is 2.25. The van der Waals surface area contributed by atoms with E-state index in [1.54, 1.807) is 23.2 Å². The summed E-state index contributed by atoms with van der Waals surface area (Å²) in [5, 5.41) is 0. The maximum absolute atomic E-state index is 12.7. The van der Waals surface area contributed by atoms with E-state index in [4.69, 9.17) is 5.73 Å². The number of hydrogen-bond acceptors (Lipinski definition) is 4. The van der Waals surface area contributed by atoms with Gasteiger partial charge < -0.3 is 15.5 Å². The maximum atomic E-state index is 12.7. The molecule has 1 aromatic heterocycles. The second-order valence-corrected chi connectivity index (χ2v) is 6.25. The van der Waals surface area contributed by atoms with Crippen LogP contribution in [0.3, 0.4) is 0 Å². The fourth-order valence-electron chi connectivity index (χ4n) is 3.03. The van der Waals surface area contributed by atoms with Gasteiger partial charge in [-0.2, -0.15) is 0 Å². The smallest absolute Gasteiger partial charge is 0.274 e. The number of carbonyl (C=O) groups excluding carboxylic acids is 2. The Labute approximate surface area is 147 Å².